The average molecular weight is 252 g/mol. The molecular weight excluding hydrogens is 236 g/mol. The molecule has 0 aromatic heterocycles. The van der Waals surface area contributed by atoms with Crippen LogP contribution in [0, 0.1) is 0 Å². The minimum atomic E-state index is -1.25. The molecule has 18 heavy (non-hydrogen) atoms. The third-order valence-corrected chi connectivity index (χ3v) is 2.54. The molecule has 0 radical (unpaired) electrons. The van der Waals surface area contributed by atoms with Crippen molar-refractivity contribution in [1.82, 2.24) is 10.2 Å². The summed E-state index contributed by atoms with van der Waals surface area (Å²) < 4.78 is 0. The van der Waals surface area contributed by atoms with Gasteiger partial charge in [0.25, 0.3) is 0 Å². The lowest BCUT2D eigenvalue weighted by Crippen LogP contribution is -2.50. The SMILES string of the molecule is CNC(=O)[C@H](CO)N(Cc1ccccc1)C(=O)O. The molecule has 6 heteroatoms. The number of nitrogens with zero attached hydrogens (tertiary/aromatic N) is 1. The fraction of sp³-hybridized carbons (Fsp3) is 0.333. The molecule has 1 aromatic carbocycles. The largest absolute Gasteiger partial charge is 0.465 e. The predicted molar refractivity (Wildman–Crippen MR) is 65.0 cm³/mol. The van der Waals surface area contributed by atoms with Crippen LogP contribution >= 0.6 is 0 Å². The van der Waals surface area contributed by atoms with E-state index in [-0.39, 0.29) is 6.54 Å². The van der Waals surface area contributed by atoms with Crippen molar-refractivity contribution in [1.29, 1.82) is 0 Å². The van der Waals surface area contributed by atoms with E-state index in [1.165, 1.54) is 7.05 Å². The predicted octanol–water partition coefficient (Wildman–Crippen LogP) is 0.274. The van der Waals surface area contributed by atoms with Crippen LogP contribution in [0.4, 0.5) is 4.79 Å². The quantitative estimate of drug-likeness (QED) is 0.701. The molecule has 0 saturated carbocycles. The number of carbonyl (C=O) groups excluding carboxylic acids is 1. The Kier molecular flexibility index (Phi) is 5.13. The van der Waals surface area contributed by atoms with Gasteiger partial charge in [-0.05, 0) is 5.56 Å². The summed E-state index contributed by atoms with van der Waals surface area (Å²) in [6, 6.07) is 7.79. The van der Waals surface area contributed by atoms with Crippen LogP contribution in [0.1, 0.15) is 5.56 Å². The molecule has 0 bridgehead atoms. The number of hydrogen-bond donors (Lipinski definition) is 3. The molecule has 3 N–H and O–H groups in total. The van der Waals surface area contributed by atoms with E-state index in [2.05, 4.69) is 5.32 Å². The van der Waals surface area contributed by atoms with E-state index in [0.717, 1.165) is 10.5 Å². The van der Waals surface area contributed by atoms with E-state index in [9.17, 15) is 9.59 Å². The van der Waals surface area contributed by atoms with E-state index in [1.807, 2.05) is 6.07 Å². The highest BCUT2D eigenvalue weighted by Gasteiger charge is 2.28. The Morgan fingerprint density at radius 3 is 2.39 bits per heavy atom. The Bertz CT molecular complexity index is 408. The molecule has 6 nitrogen and oxygen atoms in total. The standard InChI is InChI=1S/C12H16N2O4/c1-13-11(16)10(8-15)14(12(17)18)7-9-5-3-2-4-6-9/h2-6,10,15H,7-8H2,1H3,(H,13,16)(H,17,18)/t10-/m0/s1. The third-order valence-electron chi connectivity index (χ3n) is 2.54. The van der Waals surface area contributed by atoms with Crippen LogP contribution in [0.3, 0.4) is 0 Å². The zero-order chi connectivity index (χ0) is 13.5. The van der Waals surface area contributed by atoms with Gasteiger partial charge in [0.15, 0.2) is 0 Å². The maximum absolute atomic E-state index is 11.5. The number of aliphatic hydroxyl groups excluding tert-OH is 1. The number of carboxylic acid groups (broad SMARTS) is 1. The van der Waals surface area contributed by atoms with E-state index >= 15 is 0 Å². The van der Waals surface area contributed by atoms with Crippen molar-refractivity contribution in [2.24, 2.45) is 0 Å². The fourth-order valence-electron chi connectivity index (χ4n) is 1.58. The van der Waals surface area contributed by atoms with Crippen molar-refractivity contribution in [2.75, 3.05) is 13.7 Å². The smallest absolute Gasteiger partial charge is 0.408 e. The van der Waals surface area contributed by atoms with Gasteiger partial charge in [0.1, 0.15) is 6.04 Å². The second kappa shape index (κ2) is 6.61. The first-order chi connectivity index (χ1) is 8.60. The van der Waals surface area contributed by atoms with Gasteiger partial charge in [-0.25, -0.2) is 4.79 Å². The Balaban J connectivity index is 2.88. The van der Waals surface area contributed by atoms with E-state index in [4.69, 9.17) is 10.2 Å². The molecule has 0 aliphatic heterocycles. The topological polar surface area (TPSA) is 89.9 Å². The highest BCUT2D eigenvalue weighted by Crippen LogP contribution is 2.09. The lowest BCUT2D eigenvalue weighted by Gasteiger charge is -2.26. The Labute approximate surface area is 105 Å². The first kappa shape index (κ1) is 14.0. The van der Waals surface area contributed by atoms with Crippen molar-refractivity contribution >= 4 is 12.0 Å². The van der Waals surface area contributed by atoms with Crippen LogP contribution in [0.25, 0.3) is 0 Å². The summed E-state index contributed by atoms with van der Waals surface area (Å²) in [5.74, 6) is -0.532. The Morgan fingerprint density at radius 1 is 1.33 bits per heavy atom. The Hall–Kier alpha value is -2.08. The van der Waals surface area contributed by atoms with Gasteiger partial charge in [-0.1, -0.05) is 30.3 Å². The molecule has 0 fully saturated rings. The van der Waals surface area contributed by atoms with Gasteiger partial charge in [-0.3, -0.25) is 9.69 Å². The van der Waals surface area contributed by atoms with Crippen LogP contribution in [0.2, 0.25) is 0 Å². The van der Waals surface area contributed by atoms with Gasteiger partial charge in [-0.2, -0.15) is 0 Å². The van der Waals surface area contributed by atoms with Crippen molar-refractivity contribution in [3.63, 3.8) is 0 Å². The summed E-state index contributed by atoms with van der Waals surface area (Å²) >= 11 is 0. The normalized spacial score (nSPS) is 11.7. The zero-order valence-electron chi connectivity index (χ0n) is 10.0. The molecule has 0 heterocycles. The first-order valence-electron chi connectivity index (χ1n) is 5.46. The van der Waals surface area contributed by atoms with Gasteiger partial charge in [0.2, 0.25) is 5.91 Å². The number of rotatable bonds is 5. The molecule has 1 aromatic rings. The van der Waals surface area contributed by atoms with Gasteiger partial charge in [-0.15, -0.1) is 0 Å². The van der Waals surface area contributed by atoms with Crippen molar-refractivity contribution in [3.05, 3.63) is 35.9 Å². The monoisotopic (exact) mass is 252 g/mol. The average Bonchev–Trinajstić information content (AvgIpc) is 2.39. The van der Waals surface area contributed by atoms with Crippen LogP contribution in [-0.4, -0.2) is 46.8 Å². The second-order valence-electron chi connectivity index (χ2n) is 3.71. The first-order valence-corrected chi connectivity index (χ1v) is 5.46. The second-order valence-corrected chi connectivity index (χ2v) is 3.71. The summed E-state index contributed by atoms with van der Waals surface area (Å²) in [6.45, 7) is -0.506. The number of hydrogen-bond acceptors (Lipinski definition) is 3. The summed E-state index contributed by atoms with van der Waals surface area (Å²) in [5, 5.41) is 20.6. The molecule has 0 aliphatic carbocycles. The van der Waals surface area contributed by atoms with E-state index in [0.29, 0.717) is 0 Å². The minimum Gasteiger partial charge on any atom is -0.465 e. The minimum absolute atomic E-state index is 0.0504. The Morgan fingerprint density at radius 2 is 1.94 bits per heavy atom. The summed E-state index contributed by atoms with van der Waals surface area (Å²) in [6.07, 6.45) is -1.25. The van der Waals surface area contributed by atoms with Crippen LogP contribution in [0.15, 0.2) is 30.3 Å². The van der Waals surface area contributed by atoms with Crippen LogP contribution in [0.5, 0.6) is 0 Å². The summed E-state index contributed by atoms with van der Waals surface area (Å²) in [7, 11) is 1.40. The molecular formula is C12H16N2O4. The fourth-order valence-corrected chi connectivity index (χ4v) is 1.58. The zero-order valence-corrected chi connectivity index (χ0v) is 10.0. The summed E-state index contributed by atoms with van der Waals surface area (Å²) in [4.78, 5) is 23.6. The molecule has 0 saturated heterocycles. The summed E-state index contributed by atoms with van der Waals surface area (Å²) in [5.41, 5.74) is 0.752. The van der Waals surface area contributed by atoms with Gasteiger partial charge < -0.3 is 15.5 Å². The number of nitrogens with one attached hydrogen (secondary N) is 1. The molecule has 1 rings (SSSR count). The molecule has 0 aliphatic rings. The highest BCUT2D eigenvalue weighted by atomic mass is 16.4. The molecule has 98 valence electrons. The van der Waals surface area contributed by atoms with Crippen molar-refractivity contribution in [3.8, 4) is 0 Å². The number of aliphatic hydroxyl groups is 1. The molecule has 0 unspecified atom stereocenters. The lowest BCUT2D eigenvalue weighted by molar-refractivity contribution is -0.126. The third kappa shape index (κ3) is 3.46. The van der Waals surface area contributed by atoms with Crippen molar-refractivity contribution in [2.45, 2.75) is 12.6 Å². The van der Waals surface area contributed by atoms with Gasteiger partial charge in [0.05, 0.1) is 6.61 Å². The number of amides is 2. The van der Waals surface area contributed by atoms with Gasteiger partial charge >= 0.3 is 6.09 Å². The maximum Gasteiger partial charge on any atom is 0.408 e. The maximum atomic E-state index is 11.5. The lowest BCUT2D eigenvalue weighted by atomic mass is 10.1. The van der Waals surface area contributed by atoms with E-state index in [1.54, 1.807) is 24.3 Å². The van der Waals surface area contributed by atoms with Crippen LogP contribution < -0.4 is 5.32 Å². The molecule has 2 amide bonds. The van der Waals surface area contributed by atoms with Crippen molar-refractivity contribution < 1.29 is 19.8 Å². The van der Waals surface area contributed by atoms with E-state index < -0.39 is 24.6 Å². The molecule has 1 atom stereocenters. The van der Waals surface area contributed by atoms with Gasteiger partial charge in [0, 0.05) is 13.6 Å². The molecule has 0 spiro atoms. The highest BCUT2D eigenvalue weighted by molar-refractivity contribution is 5.85. The van der Waals surface area contributed by atoms with Crippen LogP contribution in [-0.2, 0) is 11.3 Å². The number of likely N-dealkylation sites (N-methyl/N-ethyl adjacent to an activating group) is 1. The number of benzene rings is 1. The number of carbonyl (C=O) groups is 2.